The van der Waals surface area contributed by atoms with Crippen LogP contribution in [0.5, 0.6) is 0 Å². The lowest BCUT2D eigenvalue weighted by Crippen LogP contribution is -2.33. The maximum Gasteiger partial charge on any atom is 0.407 e. The van der Waals surface area contributed by atoms with Gasteiger partial charge in [0.25, 0.3) is 0 Å². The molecule has 2 heterocycles. The Labute approximate surface area is 275 Å². The number of thiazole rings is 2. The van der Waals surface area contributed by atoms with E-state index < -0.39 is 60.1 Å². The number of unbranched alkanes of at least 4 members (excludes halogenated alkanes) is 2. The van der Waals surface area contributed by atoms with E-state index in [1.54, 1.807) is 41.5 Å². The van der Waals surface area contributed by atoms with Gasteiger partial charge in [-0.05, 0) is 67.2 Å². The molecular weight excluding hydrogens is 640 g/mol. The van der Waals surface area contributed by atoms with E-state index in [1.165, 1.54) is 12.4 Å². The van der Waals surface area contributed by atoms with Crippen molar-refractivity contribution in [3.8, 4) is 9.75 Å². The van der Waals surface area contributed by atoms with Gasteiger partial charge in [-0.15, -0.1) is 22.7 Å². The van der Waals surface area contributed by atoms with Gasteiger partial charge in [-0.25, -0.2) is 19.6 Å². The second kappa shape index (κ2) is 18.3. The molecule has 0 aliphatic rings. The van der Waals surface area contributed by atoms with Crippen LogP contribution < -0.4 is 10.6 Å². The maximum absolute atomic E-state index is 12.5. The Kier molecular flexibility index (Phi) is 15.2. The van der Waals surface area contributed by atoms with E-state index in [2.05, 4.69) is 20.6 Å². The van der Waals surface area contributed by atoms with Crippen LogP contribution in [0, 0.1) is 0 Å². The largest absolute Gasteiger partial charge is 0.457 e. The zero-order valence-corrected chi connectivity index (χ0v) is 28.7. The number of Topliss-reactive ketones (excluding diaryl/α,β-unsaturated/α-hetero) is 2. The van der Waals surface area contributed by atoms with Gasteiger partial charge in [0, 0.05) is 38.3 Å². The van der Waals surface area contributed by atoms with E-state index in [0.29, 0.717) is 48.5 Å². The van der Waals surface area contributed by atoms with Gasteiger partial charge in [0.2, 0.25) is 11.6 Å². The van der Waals surface area contributed by atoms with E-state index >= 15 is 0 Å². The quantitative estimate of drug-likeness (QED) is 0.0972. The number of nitrogens with zero attached hydrogens (tertiary/aromatic N) is 2. The number of amides is 2. The summed E-state index contributed by atoms with van der Waals surface area (Å²) in [6, 6.07) is 0. The molecule has 14 nitrogen and oxygen atoms in total. The van der Waals surface area contributed by atoms with Crippen LogP contribution in [0.15, 0.2) is 12.4 Å². The van der Waals surface area contributed by atoms with Crippen LogP contribution in [-0.4, -0.2) is 83.2 Å². The third kappa shape index (κ3) is 15.9. The summed E-state index contributed by atoms with van der Waals surface area (Å²) in [5.74, 6) is -2.01. The molecule has 0 aromatic carbocycles. The molecule has 2 rings (SSSR count). The number of nitrogens with one attached hydrogen (secondary N) is 2. The van der Waals surface area contributed by atoms with E-state index in [9.17, 15) is 28.8 Å². The topological polar surface area (TPSA) is 189 Å². The monoisotopic (exact) mass is 682 g/mol. The molecule has 0 fully saturated rings. The molecule has 0 spiro atoms. The van der Waals surface area contributed by atoms with E-state index in [-0.39, 0.29) is 22.9 Å². The predicted octanol–water partition coefficient (Wildman–Crippen LogP) is 5.11. The fraction of sp³-hybridized carbons (Fsp3) is 0.600. The Morgan fingerprint density at radius 3 is 1.35 bits per heavy atom. The standard InChI is InChI=1S/C30H42N4O10S2/c1-29(2,3)43-27(39)31-13-9-7-11-23(37)41-17-19(35)25-33-15-21(45-25)22-16-34-26(46-22)20(36)18-42-24(38)12-8-10-14-32-28(40)44-30(4,5)6/h15-16H,7-14,17-18H2,1-6H3,(H,31,39)(H,32,40). The first-order chi connectivity index (χ1) is 21.5. The number of carbonyl (C=O) groups excluding carboxylic acids is 6. The van der Waals surface area contributed by atoms with Gasteiger partial charge in [0.05, 0.1) is 9.75 Å². The van der Waals surface area contributed by atoms with Crippen molar-refractivity contribution in [2.24, 2.45) is 0 Å². The van der Waals surface area contributed by atoms with Crippen LogP contribution in [-0.2, 0) is 28.5 Å². The number of aromatic nitrogens is 2. The summed E-state index contributed by atoms with van der Waals surface area (Å²) in [6.45, 7) is 10.4. The molecule has 0 atom stereocenters. The van der Waals surface area contributed by atoms with Gasteiger partial charge < -0.3 is 29.6 Å². The summed E-state index contributed by atoms with van der Waals surface area (Å²) < 4.78 is 20.4. The van der Waals surface area contributed by atoms with Crippen molar-refractivity contribution in [1.82, 2.24) is 20.6 Å². The van der Waals surface area contributed by atoms with Crippen molar-refractivity contribution in [3.63, 3.8) is 0 Å². The molecule has 0 unspecified atom stereocenters. The highest BCUT2D eigenvalue weighted by Gasteiger charge is 2.20. The van der Waals surface area contributed by atoms with Crippen molar-refractivity contribution in [3.05, 3.63) is 22.4 Å². The minimum absolute atomic E-state index is 0.0900. The number of ketones is 2. The third-order valence-electron chi connectivity index (χ3n) is 5.41. The van der Waals surface area contributed by atoms with E-state index in [1.807, 2.05) is 0 Å². The summed E-state index contributed by atoms with van der Waals surface area (Å²) in [5.41, 5.74) is -1.18. The summed E-state index contributed by atoms with van der Waals surface area (Å²) in [4.78, 5) is 81.6. The van der Waals surface area contributed by atoms with Crippen molar-refractivity contribution < 1.29 is 47.7 Å². The number of ether oxygens (including phenoxy) is 4. The van der Waals surface area contributed by atoms with Crippen LogP contribution in [0.3, 0.4) is 0 Å². The Morgan fingerprint density at radius 1 is 0.630 bits per heavy atom. The number of esters is 2. The van der Waals surface area contributed by atoms with Crippen molar-refractivity contribution in [2.45, 2.75) is 91.3 Å². The lowest BCUT2D eigenvalue weighted by Gasteiger charge is -2.19. The highest BCUT2D eigenvalue weighted by atomic mass is 32.1. The normalized spacial score (nSPS) is 11.3. The highest BCUT2D eigenvalue weighted by molar-refractivity contribution is 7.23. The lowest BCUT2D eigenvalue weighted by molar-refractivity contribution is -0.143. The molecule has 46 heavy (non-hydrogen) atoms. The van der Waals surface area contributed by atoms with Crippen molar-refractivity contribution in [1.29, 1.82) is 0 Å². The molecule has 0 aliphatic carbocycles. The lowest BCUT2D eigenvalue weighted by atomic mass is 10.2. The van der Waals surface area contributed by atoms with Gasteiger partial charge in [-0.3, -0.25) is 19.2 Å². The molecule has 2 amide bonds. The zero-order chi connectivity index (χ0) is 34.3. The van der Waals surface area contributed by atoms with Crippen molar-refractivity contribution in [2.75, 3.05) is 26.3 Å². The fourth-order valence-corrected chi connectivity index (χ4v) is 5.13. The fourth-order valence-electron chi connectivity index (χ4n) is 3.39. The summed E-state index contributed by atoms with van der Waals surface area (Å²) >= 11 is 2.15. The van der Waals surface area contributed by atoms with E-state index in [4.69, 9.17) is 18.9 Å². The van der Waals surface area contributed by atoms with Crippen LogP contribution >= 0.6 is 22.7 Å². The number of carbonyl (C=O) groups is 6. The maximum atomic E-state index is 12.5. The molecule has 0 bridgehead atoms. The smallest absolute Gasteiger partial charge is 0.407 e. The average Bonchev–Trinajstić information content (AvgIpc) is 3.63. The third-order valence-corrected chi connectivity index (χ3v) is 7.68. The Hall–Kier alpha value is -3.92. The summed E-state index contributed by atoms with van der Waals surface area (Å²) in [7, 11) is 0. The number of hydrogen-bond donors (Lipinski definition) is 2. The predicted molar refractivity (Wildman–Crippen MR) is 170 cm³/mol. The van der Waals surface area contributed by atoms with Gasteiger partial charge in [0.1, 0.15) is 11.2 Å². The number of alkyl carbamates (subject to hydrolysis) is 2. The van der Waals surface area contributed by atoms with E-state index in [0.717, 1.165) is 22.7 Å². The van der Waals surface area contributed by atoms with Crippen LogP contribution in [0.2, 0.25) is 0 Å². The molecule has 2 aromatic rings. The van der Waals surface area contributed by atoms with Gasteiger partial charge in [-0.1, -0.05) is 0 Å². The van der Waals surface area contributed by atoms with Gasteiger partial charge in [-0.2, -0.15) is 0 Å². The number of hydrogen-bond acceptors (Lipinski definition) is 14. The Bertz CT molecular complexity index is 1260. The molecule has 0 radical (unpaired) electrons. The molecule has 0 saturated carbocycles. The minimum atomic E-state index is -0.590. The molecule has 16 heteroatoms. The highest BCUT2D eigenvalue weighted by Crippen LogP contribution is 2.31. The number of rotatable bonds is 17. The SMILES string of the molecule is CC(C)(C)OC(=O)NCCCCC(=O)OCC(=O)c1ncc(-c2cnc(C(=O)COC(=O)CCCCNC(=O)OC(C)(C)C)s2)s1. The molecule has 254 valence electrons. The molecule has 0 aliphatic heterocycles. The van der Waals surface area contributed by atoms with Gasteiger partial charge in [0.15, 0.2) is 23.2 Å². The minimum Gasteiger partial charge on any atom is -0.457 e. The zero-order valence-electron chi connectivity index (χ0n) is 27.0. The second-order valence-electron chi connectivity index (χ2n) is 12.0. The molecular formula is C30H42N4O10S2. The van der Waals surface area contributed by atoms with Crippen LogP contribution in [0.4, 0.5) is 9.59 Å². The van der Waals surface area contributed by atoms with Crippen molar-refractivity contribution >= 4 is 58.4 Å². The first-order valence-electron chi connectivity index (χ1n) is 14.8. The van der Waals surface area contributed by atoms with Crippen LogP contribution in [0.25, 0.3) is 9.75 Å². The first-order valence-corrected chi connectivity index (χ1v) is 16.4. The van der Waals surface area contributed by atoms with Crippen LogP contribution in [0.1, 0.15) is 99.7 Å². The summed E-state index contributed by atoms with van der Waals surface area (Å²) in [6.07, 6.45) is 4.07. The van der Waals surface area contributed by atoms with Gasteiger partial charge >= 0.3 is 24.1 Å². The summed E-state index contributed by atoms with van der Waals surface area (Å²) in [5, 5.41) is 5.49. The Morgan fingerprint density at radius 2 is 1.00 bits per heavy atom. The molecule has 2 N–H and O–H groups in total. The first kappa shape index (κ1) is 38.3. The Balaban J connectivity index is 1.67. The molecule has 0 saturated heterocycles. The molecule has 2 aromatic heterocycles. The average molecular weight is 683 g/mol. The second-order valence-corrected chi connectivity index (χ2v) is 14.1.